The van der Waals surface area contributed by atoms with Crippen LogP contribution in [0.25, 0.3) is 0 Å². The van der Waals surface area contributed by atoms with Gasteiger partial charge in [-0.05, 0) is 32.3 Å². The minimum Gasteiger partial charge on any atom is -0.434 e. The maximum absolute atomic E-state index is 12.6. The molecular formula is C21H30F2IN3O2. The van der Waals surface area contributed by atoms with Gasteiger partial charge in [-0.25, -0.2) is 4.99 Å². The average molecular weight is 521 g/mol. The number of halogens is 3. The summed E-state index contributed by atoms with van der Waals surface area (Å²) in [5, 5.41) is 6.97. The largest absolute Gasteiger partial charge is 0.434 e. The molecular weight excluding hydrogens is 491 g/mol. The van der Waals surface area contributed by atoms with Gasteiger partial charge in [-0.2, -0.15) is 8.78 Å². The van der Waals surface area contributed by atoms with Gasteiger partial charge in [0.15, 0.2) is 5.96 Å². The Labute approximate surface area is 188 Å². The van der Waals surface area contributed by atoms with Gasteiger partial charge in [0.2, 0.25) is 0 Å². The zero-order valence-electron chi connectivity index (χ0n) is 16.7. The van der Waals surface area contributed by atoms with E-state index in [1.54, 1.807) is 18.2 Å². The zero-order chi connectivity index (χ0) is 19.6. The smallest absolute Gasteiger partial charge is 0.387 e. The number of para-hydroxylation sites is 1. The molecule has 1 aliphatic heterocycles. The third-order valence-corrected chi connectivity index (χ3v) is 6.52. The van der Waals surface area contributed by atoms with Crippen molar-refractivity contribution in [1.29, 1.82) is 0 Å². The van der Waals surface area contributed by atoms with E-state index in [2.05, 4.69) is 20.4 Å². The van der Waals surface area contributed by atoms with E-state index in [-0.39, 0.29) is 41.7 Å². The molecule has 1 aromatic carbocycles. The van der Waals surface area contributed by atoms with E-state index in [4.69, 9.17) is 4.74 Å². The summed E-state index contributed by atoms with van der Waals surface area (Å²) >= 11 is 0. The molecule has 5 nitrogen and oxygen atoms in total. The van der Waals surface area contributed by atoms with Crippen molar-refractivity contribution in [1.82, 2.24) is 10.6 Å². The summed E-state index contributed by atoms with van der Waals surface area (Å²) in [6, 6.07) is 7.19. The number of rotatable bonds is 6. The number of benzene rings is 1. The molecule has 2 N–H and O–H groups in total. The second kappa shape index (κ2) is 9.76. The number of fused-ring (bicyclic) bond motifs is 2. The van der Waals surface area contributed by atoms with Crippen LogP contribution < -0.4 is 15.4 Å². The van der Waals surface area contributed by atoms with Gasteiger partial charge in [-0.15, -0.1) is 24.0 Å². The molecule has 4 rings (SSSR count). The van der Waals surface area contributed by atoms with Crippen molar-refractivity contribution in [2.75, 3.05) is 13.2 Å². The lowest BCUT2D eigenvalue weighted by Gasteiger charge is -2.57. The molecule has 1 saturated heterocycles. The highest BCUT2D eigenvalue weighted by Crippen LogP contribution is 2.60. The second-order valence-electron chi connectivity index (χ2n) is 7.99. The molecule has 3 unspecified atom stereocenters. The van der Waals surface area contributed by atoms with E-state index in [0.717, 1.165) is 25.5 Å². The summed E-state index contributed by atoms with van der Waals surface area (Å²) in [5.74, 6) is 1.45. The SMILES string of the molecule is CCNC(=NCc1ccccc1OC(F)F)NC1C2CCOC2C12CCCC2.I. The Hall–Kier alpha value is -1.16. The quantitative estimate of drug-likeness (QED) is 0.333. The summed E-state index contributed by atoms with van der Waals surface area (Å²) in [5.41, 5.74) is 0.875. The summed E-state index contributed by atoms with van der Waals surface area (Å²) in [6.07, 6.45) is 6.41. The van der Waals surface area contributed by atoms with Gasteiger partial charge in [0.25, 0.3) is 0 Å². The number of guanidine groups is 1. The highest BCUT2D eigenvalue weighted by molar-refractivity contribution is 14.0. The van der Waals surface area contributed by atoms with E-state index in [1.165, 1.54) is 25.7 Å². The van der Waals surface area contributed by atoms with Gasteiger partial charge < -0.3 is 20.1 Å². The molecule has 2 saturated carbocycles. The fourth-order valence-corrected chi connectivity index (χ4v) is 5.38. The Morgan fingerprint density at radius 2 is 2.07 bits per heavy atom. The lowest BCUT2D eigenvalue weighted by molar-refractivity contribution is -0.125. The zero-order valence-corrected chi connectivity index (χ0v) is 19.0. The topological polar surface area (TPSA) is 54.9 Å². The van der Waals surface area contributed by atoms with E-state index in [0.29, 0.717) is 23.6 Å². The Bertz CT molecular complexity index is 713. The Morgan fingerprint density at radius 3 is 2.79 bits per heavy atom. The fourth-order valence-electron chi connectivity index (χ4n) is 5.38. The van der Waals surface area contributed by atoms with Crippen molar-refractivity contribution in [3.05, 3.63) is 29.8 Å². The van der Waals surface area contributed by atoms with Crippen LogP contribution in [0.2, 0.25) is 0 Å². The lowest BCUT2D eigenvalue weighted by atomic mass is 9.54. The number of ether oxygens (including phenoxy) is 2. The Balaban J connectivity index is 0.00000240. The van der Waals surface area contributed by atoms with E-state index in [9.17, 15) is 8.78 Å². The molecule has 0 amide bonds. The molecule has 0 radical (unpaired) electrons. The van der Waals surface area contributed by atoms with Crippen molar-refractivity contribution in [3.8, 4) is 5.75 Å². The predicted octanol–water partition coefficient (Wildman–Crippen LogP) is 4.31. The van der Waals surface area contributed by atoms with Gasteiger partial charge in [0, 0.05) is 36.1 Å². The van der Waals surface area contributed by atoms with E-state index >= 15 is 0 Å². The first-order valence-corrected chi connectivity index (χ1v) is 10.3. The normalized spacial score (nSPS) is 27.3. The maximum Gasteiger partial charge on any atom is 0.387 e. The minimum atomic E-state index is -2.84. The monoisotopic (exact) mass is 521 g/mol. The maximum atomic E-state index is 12.6. The first-order chi connectivity index (χ1) is 13.6. The van der Waals surface area contributed by atoms with Crippen LogP contribution in [0.3, 0.4) is 0 Å². The van der Waals surface area contributed by atoms with E-state index in [1.807, 2.05) is 13.0 Å². The van der Waals surface area contributed by atoms with Gasteiger partial charge in [0.05, 0.1) is 12.6 Å². The highest BCUT2D eigenvalue weighted by Gasteiger charge is 2.65. The predicted molar refractivity (Wildman–Crippen MR) is 119 cm³/mol. The third kappa shape index (κ3) is 4.47. The van der Waals surface area contributed by atoms with Crippen molar-refractivity contribution < 1.29 is 18.3 Å². The van der Waals surface area contributed by atoms with Gasteiger partial charge in [-0.1, -0.05) is 31.0 Å². The standard InChI is InChI=1S/C21H29F2N3O2.HI/c1-2-24-20(25-13-14-7-3-4-8-16(14)28-19(22)23)26-17-15-9-12-27-18(15)21(17)10-5-6-11-21;/h3-4,7-8,15,17-19H,2,5-6,9-13H2,1H3,(H2,24,25,26);1H. The first-order valence-electron chi connectivity index (χ1n) is 10.3. The highest BCUT2D eigenvalue weighted by atomic mass is 127. The number of aliphatic imine (C=N–C) groups is 1. The molecule has 1 aromatic rings. The number of hydrogen-bond acceptors (Lipinski definition) is 3. The van der Waals surface area contributed by atoms with Crippen LogP contribution in [0.4, 0.5) is 8.78 Å². The van der Waals surface area contributed by atoms with Crippen LogP contribution >= 0.6 is 24.0 Å². The summed E-state index contributed by atoms with van der Waals surface area (Å²) in [6.45, 7) is 1.06. The van der Waals surface area contributed by atoms with Crippen LogP contribution in [0.1, 0.15) is 44.6 Å². The third-order valence-electron chi connectivity index (χ3n) is 6.52. The fraction of sp³-hybridized carbons (Fsp3) is 0.667. The first kappa shape index (κ1) is 22.5. The molecule has 1 heterocycles. The summed E-state index contributed by atoms with van der Waals surface area (Å²) in [4.78, 5) is 4.67. The van der Waals surface area contributed by atoms with Crippen LogP contribution in [0.5, 0.6) is 5.75 Å². The van der Waals surface area contributed by atoms with Crippen LogP contribution in [0.15, 0.2) is 29.3 Å². The molecule has 8 heteroatoms. The number of hydrogen-bond donors (Lipinski definition) is 2. The molecule has 2 aliphatic carbocycles. The van der Waals surface area contributed by atoms with Crippen LogP contribution in [0, 0.1) is 11.3 Å². The number of nitrogens with zero attached hydrogens (tertiary/aromatic N) is 1. The van der Waals surface area contributed by atoms with E-state index < -0.39 is 6.61 Å². The average Bonchev–Trinajstić information content (AvgIpc) is 3.33. The lowest BCUT2D eigenvalue weighted by Crippen LogP contribution is -2.69. The van der Waals surface area contributed by atoms with Crippen LogP contribution in [-0.4, -0.2) is 37.9 Å². The minimum absolute atomic E-state index is 0. The molecule has 3 atom stereocenters. The summed E-state index contributed by atoms with van der Waals surface area (Å²) < 4.78 is 36.0. The van der Waals surface area contributed by atoms with Crippen molar-refractivity contribution in [3.63, 3.8) is 0 Å². The Morgan fingerprint density at radius 1 is 1.31 bits per heavy atom. The van der Waals surface area contributed by atoms with Gasteiger partial charge in [0.1, 0.15) is 5.75 Å². The molecule has 162 valence electrons. The van der Waals surface area contributed by atoms with Crippen LogP contribution in [-0.2, 0) is 11.3 Å². The molecule has 3 fully saturated rings. The van der Waals surface area contributed by atoms with Crippen molar-refractivity contribution >= 4 is 29.9 Å². The van der Waals surface area contributed by atoms with Gasteiger partial charge in [-0.3, -0.25) is 0 Å². The second-order valence-corrected chi connectivity index (χ2v) is 7.99. The molecule has 0 aromatic heterocycles. The van der Waals surface area contributed by atoms with Crippen molar-refractivity contribution in [2.45, 2.75) is 64.3 Å². The molecule has 1 spiro atoms. The number of alkyl halides is 2. The van der Waals surface area contributed by atoms with Crippen molar-refractivity contribution in [2.24, 2.45) is 16.3 Å². The summed E-state index contributed by atoms with van der Waals surface area (Å²) in [7, 11) is 0. The van der Waals surface area contributed by atoms with Gasteiger partial charge >= 0.3 is 6.61 Å². The molecule has 0 bridgehead atoms. The number of nitrogens with one attached hydrogen (secondary N) is 2. The molecule has 29 heavy (non-hydrogen) atoms. The molecule has 3 aliphatic rings. The Kier molecular flexibility index (Phi) is 7.58.